The maximum Gasteiger partial charge on any atom is 0.239 e. The molecule has 1 aliphatic carbocycles. The van der Waals surface area contributed by atoms with E-state index in [1.807, 2.05) is 30.4 Å². The predicted octanol–water partition coefficient (Wildman–Crippen LogP) is 6.29. The Labute approximate surface area is 164 Å². The molecule has 0 bridgehead atoms. The van der Waals surface area contributed by atoms with Gasteiger partial charge in [-0.3, -0.25) is 10.1 Å². The number of nitro groups is 1. The fraction of sp³-hybridized carbons (Fsp3) is 0.250. The molecule has 1 heterocycles. The van der Waals surface area contributed by atoms with E-state index >= 15 is 0 Å². The highest BCUT2D eigenvalue weighted by molar-refractivity contribution is 6.08. The van der Waals surface area contributed by atoms with Crippen LogP contribution in [0.25, 0.3) is 21.5 Å². The van der Waals surface area contributed by atoms with Crippen molar-refractivity contribution in [2.45, 2.75) is 31.7 Å². The van der Waals surface area contributed by atoms with Gasteiger partial charge in [0.25, 0.3) is 0 Å². The molecule has 0 saturated carbocycles. The Morgan fingerprint density at radius 2 is 1.79 bits per heavy atom. The molecule has 0 fully saturated rings. The van der Waals surface area contributed by atoms with E-state index in [0.29, 0.717) is 12.3 Å². The first kappa shape index (κ1) is 18.2. The number of nitrogens with zero attached hydrogens (tertiary/aromatic N) is 1. The van der Waals surface area contributed by atoms with Crippen LogP contribution in [-0.4, -0.2) is 11.5 Å². The topological polar surface area (TPSA) is 52.4 Å². The lowest BCUT2D eigenvalue weighted by atomic mass is 9.78. The molecule has 142 valence electrons. The van der Waals surface area contributed by atoms with Gasteiger partial charge in [-0.2, -0.15) is 0 Å². The molecule has 1 aliphatic heterocycles. The molecule has 0 radical (unpaired) electrons. The van der Waals surface area contributed by atoms with Crippen molar-refractivity contribution >= 4 is 21.5 Å². The van der Waals surface area contributed by atoms with Gasteiger partial charge in [-0.1, -0.05) is 61.5 Å². The van der Waals surface area contributed by atoms with Crippen molar-refractivity contribution in [1.29, 1.82) is 0 Å². The summed E-state index contributed by atoms with van der Waals surface area (Å²) in [5.41, 5.74) is 2.09. The number of benzene rings is 3. The zero-order valence-corrected chi connectivity index (χ0v) is 15.9. The highest BCUT2D eigenvalue weighted by atomic mass is 16.6. The van der Waals surface area contributed by atoms with E-state index in [0.717, 1.165) is 34.9 Å². The van der Waals surface area contributed by atoms with Gasteiger partial charge in [0, 0.05) is 16.9 Å². The van der Waals surface area contributed by atoms with Crippen molar-refractivity contribution in [2.24, 2.45) is 0 Å². The average Bonchev–Trinajstić information content (AvgIpc) is 2.75. The summed E-state index contributed by atoms with van der Waals surface area (Å²) < 4.78 is 4.80. The molecule has 0 saturated heterocycles. The van der Waals surface area contributed by atoms with E-state index in [4.69, 9.17) is 4.74 Å². The van der Waals surface area contributed by atoms with Crippen molar-refractivity contribution in [3.63, 3.8) is 0 Å². The van der Waals surface area contributed by atoms with Gasteiger partial charge in [0.05, 0.1) is 6.26 Å². The summed E-state index contributed by atoms with van der Waals surface area (Å²) in [6.07, 6.45) is 8.98. The van der Waals surface area contributed by atoms with Crippen molar-refractivity contribution < 1.29 is 9.66 Å². The average molecular weight is 373 g/mol. The minimum atomic E-state index is -0.573. The van der Waals surface area contributed by atoms with Gasteiger partial charge < -0.3 is 4.74 Å². The summed E-state index contributed by atoms with van der Waals surface area (Å²) in [7, 11) is 0. The van der Waals surface area contributed by atoms with Crippen LogP contribution < -0.4 is 0 Å². The van der Waals surface area contributed by atoms with Gasteiger partial charge in [0.15, 0.2) is 0 Å². The number of hydrogen-bond donors (Lipinski definition) is 0. The molecule has 0 N–H and O–H groups in total. The molecule has 3 aromatic rings. The summed E-state index contributed by atoms with van der Waals surface area (Å²) in [5.74, 6) is 0.391. The zero-order chi connectivity index (χ0) is 19.5. The number of ether oxygens (including phenoxy) is 1. The molecule has 2 unspecified atom stereocenters. The standard InChI is InChI=1S/C19H17NO2.C5H6O/c1-12-6-11-18(20(21)22)19-14(12)9-10-16-15-5-3-2-4-13(15)7-8-17(16)19;1-2-4-6-5-3-1/h2-5,7-10,12,18H,6,11H2,1H3;1-4H,5H2. The Balaban J connectivity index is 0.000000275. The Hall–Kier alpha value is -3.14. The molecule has 2 aliphatic rings. The largest absolute Gasteiger partial charge is 0.497 e. The molecule has 28 heavy (non-hydrogen) atoms. The van der Waals surface area contributed by atoms with Crippen molar-refractivity contribution in [3.05, 3.63) is 94.3 Å². The van der Waals surface area contributed by atoms with Crippen LogP contribution in [0.4, 0.5) is 0 Å². The summed E-state index contributed by atoms with van der Waals surface area (Å²) in [5, 5.41) is 16.1. The molecule has 3 aromatic carbocycles. The molecule has 4 heteroatoms. The molecule has 4 nitrogen and oxygen atoms in total. The van der Waals surface area contributed by atoms with Crippen LogP contribution in [0.5, 0.6) is 0 Å². The molecular formula is C24H23NO3. The first-order valence-electron chi connectivity index (χ1n) is 9.68. The third kappa shape index (κ3) is 3.38. The molecule has 5 rings (SSSR count). The van der Waals surface area contributed by atoms with Crippen LogP contribution in [-0.2, 0) is 4.74 Å². The monoisotopic (exact) mass is 373 g/mol. The van der Waals surface area contributed by atoms with E-state index in [1.54, 1.807) is 6.26 Å². The third-order valence-corrected chi connectivity index (χ3v) is 5.61. The second-order valence-corrected chi connectivity index (χ2v) is 7.32. The normalized spacial score (nSPS) is 20.2. The Bertz CT molecular complexity index is 1070. The van der Waals surface area contributed by atoms with Crippen LogP contribution in [0.3, 0.4) is 0 Å². The second-order valence-electron chi connectivity index (χ2n) is 7.32. The number of hydrogen-bond acceptors (Lipinski definition) is 3. The number of allylic oxidation sites excluding steroid dienone is 2. The maximum atomic E-state index is 11.5. The smallest absolute Gasteiger partial charge is 0.239 e. The molecule has 0 amide bonds. The van der Waals surface area contributed by atoms with Gasteiger partial charge >= 0.3 is 0 Å². The van der Waals surface area contributed by atoms with E-state index in [2.05, 4.69) is 43.3 Å². The summed E-state index contributed by atoms with van der Waals surface area (Å²) in [6, 6.07) is 16.0. The van der Waals surface area contributed by atoms with E-state index < -0.39 is 6.04 Å². The Morgan fingerprint density at radius 3 is 2.46 bits per heavy atom. The highest BCUT2D eigenvalue weighted by Gasteiger charge is 2.34. The van der Waals surface area contributed by atoms with Crippen molar-refractivity contribution in [3.8, 4) is 0 Å². The minimum Gasteiger partial charge on any atom is -0.497 e. The van der Waals surface area contributed by atoms with Crippen LogP contribution in [0, 0.1) is 10.1 Å². The summed E-state index contributed by atoms with van der Waals surface area (Å²) >= 11 is 0. The second kappa shape index (κ2) is 7.85. The first-order chi connectivity index (χ1) is 13.7. The van der Waals surface area contributed by atoms with Gasteiger partial charge in [-0.05, 0) is 51.6 Å². The van der Waals surface area contributed by atoms with Crippen molar-refractivity contribution in [1.82, 2.24) is 0 Å². The molecule has 0 spiro atoms. The van der Waals surface area contributed by atoms with E-state index in [-0.39, 0.29) is 4.92 Å². The molecule has 0 aromatic heterocycles. The van der Waals surface area contributed by atoms with Crippen LogP contribution in [0.2, 0.25) is 0 Å². The number of fused-ring (bicyclic) bond motifs is 5. The van der Waals surface area contributed by atoms with Crippen LogP contribution >= 0.6 is 0 Å². The van der Waals surface area contributed by atoms with Crippen LogP contribution in [0.1, 0.15) is 42.9 Å². The Morgan fingerprint density at radius 1 is 0.964 bits per heavy atom. The lowest BCUT2D eigenvalue weighted by Gasteiger charge is -2.26. The zero-order valence-electron chi connectivity index (χ0n) is 15.9. The maximum absolute atomic E-state index is 11.5. The third-order valence-electron chi connectivity index (χ3n) is 5.61. The fourth-order valence-corrected chi connectivity index (χ4v) is 4.19. The number of rotatable bonds is 1. The fourth-order valence-electron chi connectivity index (χ4n) is 4.19. The summed E-state index contributed by atoms with van der Waals surface area (Å²) in [4.78, 5) is 11.4. The van der Waals surface area contributed by atoms with Gasteiger partial charge in [-0.25, -0.2) is 0 Å². The quantitative estimate of drug-likeness (QED) is 0.286. The SMILES string of the molecule is C1=CCOC=C1.CC1CCC([N+](=O)[O-])c2c1ccc1c2ccc2ccccc21. The summed E-state index contributed by atoms with van der Waals surface area (Å²) in [6.45, 7) is 2.90. The van der Waals surface area contributed by atoms with Gasteiger partial charge in [0.1, 0.15) is 6.61 Å². The lowest BCUT2D eigenvalue weighted by Crippen LogP contribution is -2.19. The van der Waals surface area contributed by atoms with Crippen molar-refractivity contribution in [2.75, 3.05) is 6.61 Å². The molecular weight excluding hydrogens is 350 g/mol. The predicted molar refractivity (Wildman–Crippen MR) is 113 cm³/mol. The van der Waals surface area contributed by atoms with E-state index in [9.17, 15) is 10.1 Å². The van der Waals surface area contributed by atoms with Gasteiger partial charge in [0.2, 0.25) is 6.04 Å². The van der Waals surface area contributed by atoms with Gasteiger partial charge in [-0.15, -0.1) is 0 Å². The highest BCUT2D eigenvalue weighted by Crippen LogP contribution is 2.43. The lowest BCUT2D eigenvalue weighted by molar-refractivity contribution is -0.530. The van der Waals surface area contributed by atoms with Crippen LogP contribution in [0.15, 0.2) is 73.0 Å². The first-order valence-corrected chi connectivity index (χ1v) is 9.68. The minimum absolute atomic E-state index is 0.112. The molecule has 2 atom stereocenters. The van der Waals surface area contributed by atoms with E-state index in [1.165, 1.54) is 10.8 Å². The Kier molecular flexibility index (Phi) is 5.11.